The molecule has 7 nitrogen and oxygen atoms in total. The second-order valence-corrected chi connectivity index (χ2v) is 17.9. The zero-order chi connectivity index (χ0) is 47.0. The highest BCUT2D eigenvalue weighted by atomic mass is 15.1. The fourth-order valence-corrected chi connectivity index (χ4v) is 10.7. The maximum atomic E-state index is 9.78. The van der Waals surface area contributed by atoms with Gasteiger partial charge < -0.3 is 13.7 Å². The largest absolute Gasteiger partial charge is 0.309 e. The van der Waals surface area contributed by atoms with Crippen LogP contribution in [0.2, 0.25) is 0 Å². The molecular formula is C64H39N7. The minimum absolute atomic E-state index is 0.547. The van der Waals surface area contributed by atoms with Crippen molar-refractivity contribution in [3.8, 4) is 68.4 Å². The van der Waals surface area contributed by atoms with Gasteiger partial charge in [0, 0.05) is 60.4 Å². The van der Waals surface area contributed by atoms with Crippen LogP contribution in [0.3, 0.4) is 0 Å². The molecule has 0 amide bonds. The number of para-hydroxylation sites is 4. The summed E-state index contributed by atoms with van der Waals surface area (Å²) in [4.78, 5) is 15.7. The standard InChI is InChI=1S/C64H39N7/c65-40-41-27-29-42(30-28-41)45-31-34-54(64-67-62(43-15-3-1-4-16-43)66-63(68-64)44-17-5-2-6-18-44)59(37-45)71-60-38-46(69-55-23-11-7-19-48(55)49-20-8-12-24-56(49)69)32-35-52(60)53-36-33-47(39-61(53)71)70-57-25-13-9-21-50(57)51-22-10-14-26-58(51)70/h1-39H. The molecule has 0 N–H and O–H groups in total. The number of aromatic nitrogens is 6. The number of hydrogen-bond donors (Lipinski definition) is 0. The van der Waals surface area contributed by atoms with E-state index in [1.165, 1.54) is 21.5 Å². The van der Waals surface area contributed by atoms with Crippen molar-refractivity contribution in [2.45, 2.75) is 0 Å². The zero-order valence-electron chi connectivity index (χ0n) is 38.1. The first-order chi connectivity index (χ1) is 35.2. The van der Waals surface area contributed by atoms with E-state index in [1.807, 2.05) is 84.9 Å². The van der Waals surface area contributed by atoms with Crippen molar-refractivity contribution in [2.75, 3.05) is 0 Å². The highest BCUT2D eigenvalue weighted by Gasteiger charge is 2.23. The Kier molecular flexibility index (Phi) is 9.13. The van der Waals surface area contributed by atoms with Crippen molar-refractivity contribution in [1.82, 2.24) is 28.7 Å². The van der Waals surface area contributed by atoms with E-state index in [4.69, 9.17) is 15.0 Å². The zero-order valence-corrected chi connectivity index (χ0v) is 38.1. The molecule has 71 heavy (non-hydrogen) atoms. The van der Waals surface area contributed by atoms with E-state index in [2.05, 4.69) is 171 Å². The predicted octanol–water partition coefficient (Wildman–Crippen LogP) is 15.7. The molecule has 4 aromatic heterocycles. The maximum absolute atomic E-state index is 9.78. The summed E-state index contributed by atoms with van der Waals surface area (Å²) in [6, 6.07) is 85.2. The van der Waals surface area contributed by atoms with Crippen molar-refractivity contribution in [2.24, 2.45) is 0 Å². The molecule has 0 fully saturated rings. The van der Waals surface area contributed by atoms with Gasteiger partial charge in [-0.15, -0.1) is 0 Å². The fraction of sp³-hybridized carbons (Fsp3) is 0. The summed E-state index contributed by atoms with van der Waals surface area (Å²) in [5.41, 5.74) is 14.8. The van der Waals surface area contributed by atoms with Crippen LogP contribution < -0.4 is 0 Å². The highest BCUT2D eigenvalue weighted by Crippen LogP contribution is 2.42. The average molecular weight is 906 g/mol. The smallest absolute Gasteiger partial charge is 0.166 e. The van der Waals surface area contributed by atoms with Gasteiger partial charge in [-0.05, 0) is 83.9 Å². The topological polar surface area (TPSA) is 77.2 Å². The van der Waals surface area contributed by atoms with Crippen LogP contribution in [0.1, 0.15) is 5.56 Å². The van der Waals surface area contributed by atoms with E-state index >= 15 is 0 Å². The summed E-state index contributed by atoms with van der Waals surface area (Å²) in [7, 11) is 0. The molecule has 0 bridgehead atoms. The van der Waals surface area contributed by atoms with E-state index in [-0.39, 0.29) is 0 Å². The molecule has 0 unspecified atom stereocenters. The van der Waals surface area contributed by atoms with Gasteiger partial charge in [-0.3, -0.25) is 0 Å². The van der Waals surface area contributed by atoms with Gasteiger partial charge in [-0.25, -0.2) is 15.0 Å². The minimum atomic E-state index is 0.547. The van der Waals surface area contributed by atoms with E-state index in [0.29, 0.717) is 23.0 Å². The van der Waals surface area contributed by atoms with Crippen LogP contribution in [0.25, 0.3) is 128 Å². The lowest BCUT2D eigenvalue weighted by Crippen LogP contribution is -2.04. The Morgan fingerprint density at radius 3 is 1.14 bits per heavy atom. The molecule has 0 aliphatic carbocycles. The van der Waals surface area contributed by atoms with Crippen molar-refractivity contribution >= 4 is 65.4 Å². The minimum Gasteiger partial charge on any atom is -0.309 e. The normalized spacial score (nSPS) is 11.6. The Balaban J connectivity index is 1.11. The second kappa shape index (κ2) is 16.1. The number of benzene rings is 10. The summed E-state index contributed by atoms with van der Waals surface area (Å²) < 4.78 is 7.18. The third-order valence-electron chi connectivity index (χ3n) is 13.9. The van der Waals surface area contributed by atoms with Crippen LogP contribution in [0.15, 0.2) is 237 Å². The number of nitrogens with zero attached hydrogens (tertiary/aromatic N) is 7. The van der Waals surface area contributed by atoms with Crippen molar-refractivity contribution in [3.05, 3.63) is 242 Å². The van der Waals surface area contributed by atoms with E-state index < -0.39 is 0 Å². The highest BCUT2D eigenvalue weighted by molar-refractivity contribution is 6.14. The van der Waals surface area contributed by atoms with Gasteiger partial charge in [0.2, 0.25) is 0 Å². The fourth-order valence-electron chi connectivity index (χ4n) is 10.7. The Labute approximate surface area is 408 Å². The lowest BCUT2D eigenvalue weighted by atomic mass is 10.0. The lowest BCUT2D eigenvalue weighted by molar-refractivity contribution is 1.06. The van der Waals surface area contributed by atoms with Crippen LogP contribution in [0.5, 0.6) is 0 Å². The van der Waals surface area contributed by atoms with Gasteiger partial charge in [0.1, 0.15) is 0 Å². The first-order valence-corrected chi connectivity index (χ1v) is 23.7. The third-order valence-corrected chi connectivity index (χ3v) is 13.9. The Morgan fingerprint density at radius 2 is 0.690 bits per heavy atom. The molecule has 0 saturated carbocycles. The number of rotatable bonds is 7. The molecule has 14 rings (SSSR count). The molecule has 14 aromatic rings. The SMILES string of the molecule is N#Cc1ccc(-c2ccc(-c3nc(-c4ccccc4)nc(-c4ccccc4)n3)c(-n3c4cc(-n5c6ccccc6c6ccccc65)ccc4c4ccc(-n5c6ccccc6c6ccccc65)cc43)c2)cc1. The molecule has 0 aliphatic rings. The van der Waals surface area contributed by atoms with E-state index in [0.717, 1.165) is 88.8 Å². The maximum Gasteiger partial charge on any atom is 0.166 e. The van der Waals surface area contributed by atoms with Crippen LogP contribution in [-0.4, -0.2) is 28.7 Å². The van der Waals surface area contributed by atoms with Crippen LogP contribution in [0, 0.1) is 11.3 Å². The van der Waals surface area contributed by atoms with Crippen LogP contribution in [-0.2, 0) is 0 Å². The van der Waals surface area contributed by atoms with Gasteiger partial charge in [-0.2, -0.15) is 5.26 Å². The third kappa shape index (κ3) is 6.47. The van der Waals surface area contributed by atoms with Gasteiger partial charge in [-0.1, -0.05) is 164 Å². The molecule has 0 atom stereocenters. The molecule has 0 saturated heterocycles. The summed E-state index contributed by atoms with van der Waals surface area (Å²) in [5, 5.41) is 16.8. The number of hydrogen-bond acceptors (Lipinski definition) is 4. The van der Waals surface area contributed by atoms with Crippen molar-refractivity contribution in [1.29, 1.82) is 5.26 Å². The monoisotopic (exact) mass is 905 g/mol. The Morgan fingerprint density at radius 1 is 0.296 bits per heavy atom. The summed E-state index contributed by atoms with van der Waals surface area (Å²) in [6.45, 7) is 0. The lowest BCUT2D eigenvalue weighted by Gasteiger charge is -2.17. The first-order valence-electron chi connectivity index (χ1n) is 23.7. The predicted molar refractivity (Wildman–Crippen MR) is 289 cm³/mol. The van der Waals surface area contributed by atoms with Crippen LogP contribution >= 0.6 is 0 Å². The van der Waals surface area contributed by atoms with Crippen LogP contribution in [0.4, 0.5) is 0 Å². The summed E-state index contributed by atoms with van der Waals surface area (Å²) in [5.74, 6) is 1.72. The van der Waals surface area contributed by atoms with Crippen molar-refractivity contribution < 1.29 is 0 Å². The summed E-state index contributed by atoms with van der Waals surface area (Å²) >= 11 is 0. The molecule has 10 aromatic carbocycles. The Bertz CT molecular complexity index is 4120. The Hall–Kier alpha value is -9.90. The van der Waals surface area contributed by atoms with E-state index in [1.54, 1.807) is 0 Å². The molecule has 330 valence electrons. The molecule has 4 heterocycles. The molecule has 0 spiro atoms. The number of fused-ring (bicyclic) bond motifs is 9. The number of nitriles is 1. The van der Waals surface area contributed by atoms with Gasteiger partial charge in [0.05, 0.1) is 50.4 Å². The van der Waals surface area contributed by atoms with E-state index in [9.17, 15) is 5.26 Å². The summed E-state index contributed by atoms with van der Waals surface area (Å²) in [6.07, 6.45) is 0. The first kappa shape index (κ1) is 40.2. The second-order valence-electron chi connectivity index (χ2n) is 17.9. The van der Waals surface area contributed by atoms with Crippen molar-refractivity contribution in [3.63, 3.8) is 0 Å². The molecular weight excluding hydrogens is 867 g/mol. The molecule has 0 aliphatic heterocycles. The molecule has 7 heteroatoms. The van der Waals surface area contributed by atoms with Gasteiger partial charge in [0.25, 0.3) is 0 Å². The van der Waals surface area contributed by atoms with Gasteiger partial charge >= 0.3 is 0 Å². The molecule has 0 radical (unpaired) electrons. The van der Waals surface area contributed by atoms with Gasteiger partial charge in [0.15, 0.2) is 17.5 Å². The average Bonchev–Trinajstić information content (AvgIpc) is 4.08. The quantitative estimate of drug-likeness (QED) is 0.160.